The monoisotopic (exact) mass is 317 g/mol. The third kappa shape index (κ3) is 2.67. The summed E-state index contributed by atoms with van der Waals surface area (Å²) < 4.78 is 5.20. The van der Waals surface area contributed by atoms with E-state index in [1.54, 1.807) is 30.7 Å². The Labute approximate surface area is 138 Å². The van der Waals surface area contributed by atoms with Crippen LogP contribution in [0.3, 0.4) is 0 Å². The molecule has 0 aliphatic rings. The summed E-state index contributed by atoms with van der Waals surface area (Å²) in [4.78, 5) is 19.8. The highest BCUT2D eigenvalue weighted by atomic mass is 16.3. The van der Waals surface area contributed by atoms with Gasteiger partial charge in [0.2, 0.25) is 0 Å². The van der Waals surface area contributed by atoms with Gasteiger partial charge in [0.15, 0.2) is 0 Å². The Morgan fingerprint density at radius 2 is 2.00 bits per heavy atom. The molecule has 0 aliphatic carbocycles. The molecule has 1 amide bonds. The topological polar surface area (TPSA) is 70.9 Å². The molecule has 0 saturated heterocycles. The molecule has 0 spiro atoms. The summed E-state index contributed by atoms with van der Waals surface area (Å²) in [5.41, 5.74) is 3.52. The molecule has 4 rings (SSSR count). The van der Waals surface area contributed by atoms with Crippen molar-refractivity contribution < 1.29 is 9.21 Å². The summed E-state index contributed by atoms with van der Waals surface area (Å²) in [6, 6.07) is 15.0. The number of aromatic amines is 1. The van der Waals surface area contributed by atoms with E-state index in [0.717, 1.165) is 27.9 Å². The lowest BCUT2D eigenvalue weighted by Crippen LogP contribution is -2.22. The van der Waals surface area contributed by atoms with Crippen molar-refractivity contribution in [2.24, 2.45) is 0 Å². The Balaban J connectivity index is 1.54. The van der Waals surface area contributed by atoms with Gasteiger partial charge in [0.25, 0.3) is 5.91 Å². The molecule has 5 nitrogen and oxygen atoms in total. The van der Waals surface area contributed by atoms with Crippen LogP contribution in [-0.4, -0.2) is 15.9 Å². The molecule has 2 N–H and O–H groups in total. The predicted octanol–water partition coefficient (Wildman–Crippen LogP) is 3.75. The zero-order chi connectivity index (χ0) is 16.4. The minimum absolute atomic E-state index is 0.134. The lowest BCUT2D eigenvalue weighted by atomic mass is 10.1. The highest BCUT2D eigenvalue weighted by molar-refractivity contribution is 5.96. The number of rotatable bonds is 4. The molecule has 3 aromatic heterocycles. The van der Waals surface area contributed by atoms with Crippen LogP contribution in [0.15, 0.2) is 71.6 Å². The van der Waals surface area contributed by atoms with Gasteiger partial charge in [-0.2, -0.15) is 0 Å². The maximum atomic E-state index is 12.2. The second-order valence-electron chi connectivity index (χ2n) is 5.44. The van der Waals surface area contributed by atoms with Gasteiger partial charge in [-0.1, -0.05) is 12.1 Å². The van der Waals surface area contributed by atoms with Crippen molar-refractivity contribution in [1.29, 1.82) is 0 Å². The zero-order valence-electron chi connectivity index (χ0n) is 12.8. The normalized spacial score (nSPS) is 10.8. The van der Waals surface area contributed by atoms with E-state index in [-0.39, 0.29) is 5.91 Å². The Kier molecular flexibility index (Phi) is 3.59. The van der Waals surface area contributed by atoms with E-state index in [0.29, 0.717) is 12.1 Å². The fourth-order valence-electron chi connectivity index (χ4n) is 2.67. The SMILES string of the molecule is O=C(NCc1ccco1)c1ccc(-c2nccc3[nH]ccc23)cc1. The first kappa shape index (κ1) is 14.3. The maximum Gasteiger partial charge on any atom is 0.251 e. The van der Waals surface area contributed by atoms with Gasteiger partial charge in [-0.25, -0.2) is 0 Å². The van der Waals surface area contributed by atoms with E-state index in [9.17, 15) is 4.79 Å². The third-order valence-corrected chi connectivity index (χ3v) is 3.90. The molecule has 3 heterocycles. The second kappa shape index (κ2) is 6.04. The first-order valence-corrected chi connectivity index (χ1v) is 7.64. The summed E-state index contributed by atoms with van der Waals surface area (Å²) in [6.07, 6.45) is 5.26. The number of amides is 1. The third-order valence-electron chi connectivity index (χ3n) is 3.90. The van der Waals surface area contributed by atoms with Crippen LogP contribution in [0.25, 0.3) is 22.2 Å². The number of fused-ring (bicyclic) bond motifs is 1. The van der Waals surface area contributed by atoms with E-state index in [1.165, 1.54) is 0 Å². The quantitative estimate of drug-likeness (QED) is 0.602. The minimum Gasteiger partial charge on any atom is -0.467 e. The molecule has 0 aliphatic heterocycles. The summed E-state index contributed by atoms with van der Waals surface area (Å²) in [5, 5.41) is 3.90. The van der Waals surface area contributed by atoms with Gasteiger partial charge in [-0.3, -0.25) is 9.78 Å². The summed E-state index contributed by atoms with van der Waals surface area (Å²) >= 11 is 0. The van der Waals surface area contributed by atoms with Crippen molar-refractivity contribution >= 4 is 16.8 Å². The van der Waals surface area contributed by atoms with Gasteiger partial charge in [0.1, 0.15) is 5.76 Å². The number of carbonyl (C=O) groups excluding carboxylic acids is 1. The van der Waals surface area contributed by atoms with Crippen LogP contribution in [0.4, 0.5) is 0 Å². The minimum atomic E-state index is -0.134. The maximum absolute atomic E-state index is 12.2. The van der Waals surface area contributed by atoms with Gasteiger partial charge in [0.05, 0.1) is 18.5 Å². The smallest absolute Gasteiger partial charge is 0.251 e. The average Bonchev–Trinajstić information content (AvgIpc) is 3.31. The van der Waals surface area contributed by atoms with Crippen LogP contribution in [0, 0.1) is 0 Å². The molecular formula is C19H15N3O2. The van der Waals surface area contributed by atoms with Crippen molar-refractivity contribution in [3.8, 4) is 11.3 Å². The average molecular weight is 317 g/mol. The first-order chi connectivity index (χ1) is 11.8. The molecule has 0 radical (unpaired) electrons. The number of benzene rings is 1. The number of nitrogens with one attached hydrogen (secondary N) is 2. The molecule has 118 valence electrons. The summed E-state index contributed by atoms with van der Waals surface area (Å²) in [7, 11) is 0. The van der Waals surface area contributed by atoms with E-state index < -0.39 is 0 Å². The zero-order valence-corrected chi connectivity index (χ0v) is 12.8. The van der Waals surface area contributed by atoms with Crippen molar-refractivity contribution in [3.05, 3.63) is 78.5 Å². The fourth-order valence-corrected chi connectivity index (χ4v) is 2.67. The van der Waals surface area contributed by atoms with Crippen LogP contribution in [0.5, 0.6) is 0 Å². The number of nitrogens with zero attached hydrogens (tertiary/aromatic N) is 1. The highest BCUT2D eigenvalue weighted by Crippen LogP contribution is 2.25. The van der Waals surface area contributed by atoms with Crippen LogP contribution in [0.2, 0.25) is 0 Å². The highest BCUT2D eigenvalue weighted by Gasteiger charge is 2.09. The number of furan rings is 1. The molecule has 1 aromatic carbocycles. The molecule has 5 heteroatoms. The molecule has 0 bridgehead atoms. The van der Waals surface area contributed by atoms with Crippen LogP contribution in [-0.2, 0) is 6.54 Å². The van der Waals surface area contributed by atoms with Gasteiger partial charge >= 0.3 is 0 Å². The van der Waals surface area contributed by atoms with E-state index in [1.807, 2.05) is 36.5 Å². The number of H-pyrrole nitrogens is 1. The van der Waals surface area contributed by atoms with Crippen molar-refractivity contribution in [3.63, 3.8) is 0 Å². The largest absolute Gasteiger partial charge is 0.467 e. The van der Waals surface area contributed by atoms with E-state index >= 15 is 0 Å². The Bertz CT molecular complexity index is 969. The van der Waals surface area contributed by atoms with E-state index in [4.69, 9.17) is 4.42 Å². The van der Waals surface area contributed by atoms with Gasteiger partial charge < -0.3 is 14.7 Å². The Hall–Kier alpha value is -3.34. The van der Waals surface area contributed by atoms with Crippen molar-refractivity contribution in [1.82, 2.24) is 15.3 Å². The Morgan fingerprint density at radius 3 is 2.79 bits per heavy atom. The van der Waals surface area contributed by atoms with Crippen molar-refractivity contribution in [2.75, 3.05) is 0 Å². The number of aromatic nitrogens is 2. The van der Waals surface area contributed by atoms with Gasteiger partial charge in [0, 0.05) is 34.4 Å². The molecule has 24 heavy (non-hydrogen) atoms. The number of carbonyl (C=O) groups is 1. The van der Waals surface area contributed by atoms with Crippen molar-refractivity contribution in [2.45, 2.75) is 6.54 Å². The van der Waals surface area contributed by atoms with E-state index in [2.05, 4.69) is 15.3 Å². The number of pyridine rings is 1. The standard InChI is InChI=1S/C19H15N3O2/c23-19(22-12-15-2-1-11-24-15)14-5-3-13(4-6-14)18-16-7-9-20-17(16)8-10-21-18/h1-11,20H,12H2,(H,22,23). The van der Waals surface area contributed by atoms with Crippen LogP contribution < -0.4 is 5.32 Å². The molecule has 0 unspecified atom stereocenters. The predicted molar refractivity (Wildman–Crippen MR) is 91.4 cm³/mol. The fraction of sp³-hybridized carbons (Fsp3) is 0.0526. The molecular weight excluding hydrogens is 302 g/mol. The van der Waals surface area contributed by atoms with Gasteiger partial charge in [-0.15, -0.1) is 0 Å². The molecule has 0 saturated carbocycles. The lowest BCUT2D eigenvalue weighted by molar-refractivity contribution is 0.0948. The first-order valence-electron chi connectivity index (χ1n) is 7.64. The van der Waals surface area contributed by atoms with Crippen LogP contribution in [0.1, 0.15) is 16.1 Å². The lowest BCUT2D eigenvalue weighted by Gasteiger charge is -2.06. The number of hydrogen-bond acceptors (Lipinski definition) is 3. The molecule has 0 fully saturated rings. The Morgan fingerprint density at radius 1 is 1.12 bits per heavy atom. The second-order valence-corrected chi connectivity index (χ2v) is 5.44. The molecule has 4 aromatic rings. The van der Waals surface area contributed by atoms with Gasteiger partial charge in [-0.05, 0) is 36.4 Å². The number of hydrogen-bond donors (Lipinski definition) is 2. The molecule has 0 atom stereocenters. The summed E-state index contributed by atoms with van der Waals surface area (Å²) in [6.45, 7) is 0.373. The summed E-state index contributed by atoms with van der Waals surface area (Å²) in [5.74, 6) is 0.592. The van der Waals surface area contributed by atoms with Crippen LogP contribution >= 0.6 is 0 Å².